The van der Waals surface area contributed by atoms with Crippen LogP contribution in [0.15, 0.2) is 53.3 Å². The van der Waals surface area contributed by atoms with Crippen molar-refractivity contribution in [2.24, 2.45) is 5.92 Å². The molecule has 2 aromatic carbocycles. The number of hydrogen-bond acceptors (Lipinski definition) is 3. The Morgan fingerprint density at radius 1 is 1.16 bits per heavy atom. The van der Waals surface area contributed by atoms with Crippen molar-refractivity contribution in [2.45, 2.75) is 20.4 Å². The minimum Gasteiger partial charge on any atom is -0.321 e. The van der Waals surface area contributed by atoms with Crippen LogP contribution in [0.3, 0.4) is 0 Å². The lowest BCUT2D eigenvalue weighted by Crippen LogP contribution is -2.29. The maximum absolute atomic E-state index is 12.8. The van der Waals surface area contributed by atoms with Crippen LogP contribution in [0.4, 0.5) is 5.69 Å². The van der Waals surface area contributed by atoms with Crippen LogP contribution in [-0.4, -0.2) is 15.7 Å². The molecule has 1 aromatic heterocycles. The fourth-order valence-corrected chi connectivity index (χ4v) is 3.17. The van der Waals surface area contributed by atoms with Crippen molar-refractivity contribution in [3.63, 3.8) is 0 Å². The van der Waals surface area contributed by atoms with E-state index in [4.69, 9.17) is 0 Å². The zero-order chi connectivity index (χ0) is 18.0. The maximum atomic E-state index is 12.8. The van der Waals surface area contributed by atoms with Gasteiger partial charge >= 0.3 is 0 Å². The number of rotatable bonds is 4. The molecule has 0 atom stereocenters. The summed E-state index contributed by atoms with van der Waals surface area (Å²) in [7, 11) is 0. The van der Waals surface area contributed by atoms with Gasteiger partial charge in [0.2, 0.25) is 0 Å². The van der Waals surface area contributed by atoms with E-state index in [-0.39, 0.29) is 23.1 Å². The Bertz CT molecular complexity index is 995. The van der Waals surface area contributed by atoms with Crippen LogP contribution in [0.5, 0.6) is 0 Å². The quantitative estimate of drug-likeness (QED) is 0.617. The van der Waals surface area contributed by atoms with E-state index in [1.165, 1.54) is 4.68 Å². The highest BCUT2D eigenvalue weighted by atomic mass is 127. The maximum Gasteiger partial charge on any atom is 0.276 e. The fourth-order valence-electron chi connectivity index (χ4n) is 2.63. The number of aromatic nitrogens is 2. The summed E-state index contributed by atoms with van der Waals surface area (Å²) < 4.78 is 2.41. The summed E-state index contributed by atoms with van der Waals surface area (Å²) in [5, 5.41) is 8.29. The first kappa shape index (κ1) is 17.6. The van der Waals surface area contributed by atoms with E-state index in [2.05, 4.69) is 33.0 Å². The first-order valence-electron chi connectivity index (χ1n) is 8.02. The van der Waals surface area contributed by atoms with Crippen molar-refractivity contribution in [3.8, 4) is 0 Å². The van der Waals surface area contributed by atoms with Crippen LogP contribution in [0, 0.1) is 9.49 Å². The molecule has 25 heavy (non-hydrogen) atoms. The van der Waals surface area contributed by atoms with Gasteiger partial charge in [-0.15, -0.1) is 0 Å². The summed E-state index contributed by atoms with van der Waals surface area (Å²) in [6, 6.07) is 14.6. The Morgan fingerprint density at radius 2 is 1.88 bits per heavy atom. The zero-order valence-electron chi connectivity index (χ0n) is 14.0. The minimum atomic E-state index is -0.323. The van der Waals surface area contributed by atoms with Crippen LogP contribution in [0.1, 0.15) is 24.3 Å². The number of amides is 1. The van der Waals surface area contributed by atoms with Crippen LogP contribution in [-0.2, 0) is 6.54 Å². The highest BCUT2D eigenvalue weighted by Gasteiger charge is 2.17. The Labute approximate surface area is 159 Å². The topological polar surface area (TPSA) is 64.0 Å². The SMILES string of the molecule is CC(C)Cn1nc(C(=O)Nc2cccc(I)c2)c2ccccc2c1=O. The van der Waals surface area contributed by atoms with Crippen LogP contribution in [0.25, 0.3) is 10.8 Å². The first-order valence-corrected chi connectivity index (χ1v) is 9.10. The van der Waals surface area contributed by atoms with Crippen molar-refractivity contribution in [1.29, 1.82) is 0 Å². The number of carbonyl (C=O) groups excluding carboxylic acids is 1. The molecule has 1 amide bonds. The third-order valence-corrected chi connectivity index (χ3v) is 4.37. The summed E-state index contributed by atoms with van der Waals surface area (Å²) in [5.74, 6) is -0.0753. The van der Waals surface area contributed by atoms with Gasteiger partial charge in [0.15, 0.2) is 5.69 Å². The van der Waals surface area contributed by atoms with Crippen molar-refractivity contribution in [3.05, 3.63) is 68.1 Å². The van der Waals surface area contributed by atoms with E-state index in [9.17, 15) is 9.59 Å². The molecule has 3 rings (SSSR count). The molecule has 1 heterocycles. The molecule has 0 aliphatic carbocycles. The summed E-state index contributed by atoms with van der Waals surface area (Å²) in [4.78, 5) is 25.4. The van der Waals surface area contributed by atoms with Crippen molar-refractivity contribution >= 4 is 45.0 Å². The number of anilines is 1. The van der Waals surface area contributed by atoms with Crippen molar-refractivity contribution in [1.82, 2.24) is 9.78 Å². The number of nitrogens with zero attached hydrogens (tertiary/aromatic N) is 2. The van der Waals surface area contributed by atoms with Gasteiger partial charge in [-0.3, -0.25) is 9.59 Å². The molecule has 0 spiro atoms. The Morgan fingerprint density at radius 3 is 2.56 bits per heavy atom. The molecule has 0 bridgehead atoms. The molecule has 0 radical (unpaired) electrons. The van der Waals surface area contributed by atoms with Gasteiger partial charge in [0.1, 0.15) is 0 Å². The van der Waals surface area contributed by atoms with Crippen LogP contribution < -0.4 is 10.9 Å². The average Bonchev–Trinajstić information content (AvgIpc) is 2.57. The van der Waals surface area contributed by atoms with E-state index < -0.39 is 0 Å². The number of benzene rings is 2. The molecule has 6 heteroatoms. The second kappa shape index (κ2) is 7.35. The Balaban J connectivity index is 2.09. The molecular weight excluding hydrogens is 429 g/mol. The third kappa shape index (κ3) is 3.89. The van der Waals surface area contributed by atoms with Crippen molar-refractivity contribution < 1.29 is 4.79 Å². The molecule has 0 fully saturated rings. The second-order valence-electron chi connectivity index (χ2n) is 6.24. The predicted octanol–water partition coefficient (Wildman–Crippen LogP) is 3.91. The summed E-state index contributed by atoms with van der Waals surface area (Å²) in [6.07, 6.45) is 0. The molecule has 1 N–H and O–H groups in total. The van der Waals surface area contributed by atoms with E-state index in [0.717, 1.165) is 3.57 Å². The molecule has 3 aromatic rings. The van der Waals surface area contributed by atoms with Gasteiger partial charge in [0.25, 0.3) is 11.5 Å². The van der Waals surface area contributed by atoms with Gasteiger partial charge in [-0.1, -0.05) is 38.1 Å². The molecule has 0 unspecified atom stereocenters. The highest BCUT2D eigenvalue weighted by Crippen LogP contribution is 2.17. The van der Waals surface area contributed by atoms with E-state index in [1.54, 1.807) is 24.3 Å². The smallest absolute Gasteiger partial charge is 0.276 e. The van der Waals surface area contributed by atoms with Crippen molar-refractivity contribution in [2.75, 3.05) is 5.32 Å². The lowest BCUT2D eigenvalue weighted by atomic mass is 10.1. The van der Waals surface area contributed by atoms with Gasteiger partial charge in [-0.2, -0.15) is 5.10 Å². The normalized spacial score (nSPS) is 11.0. The Hall–Kier alpha value is -2.22. The number of halogens is 1. The number of hydrogen-bond donors (Lipinski definition) is 1. The minimum absolute atomic E-state index is 0.171. The molecule has 128 valence electrons. The third-order valence-electron chi connectivity index (χ3n) is 3.70. The number of carbonyl (C=O) groups is 1. The van der Waals surface area contributed by atoms with E-state index >= 15 is 0 Å². The van der Waals surface area contributed by atoms with E-state index in [1.807, 2.05) is 38.1 Å². The Kier molecular flexibility index (Phi) is 5.17. The first-order chi connectivity index (χ1) is 12.0. The van der Waals surface area contributed by atoms with Crippen LogP contribution in [0.2, 0.25) is 0 Å². The van der Waals surface area contributed by atoms with E-state index in [0.29, 0.717) is 23.0 Å². The number of fused-ring (bicyclic) bond motifs is 1. The molecule has 0 saturated carbocycles. The summed E-state index contributed by atoms with van der Waals surface area (Å²) >= 11 is 2.19. The lowest BCUT2D eigenvalue weighted by Gasteiger charge is -2.12. The molecule has 5 nitrogen and oxygen atoms in total. The van der Waals surface area contributed by atoms with Gasteiger partial charge in [-0.05, 0) is 52.8 Å². The lowest BCUT2D eigenvalue weighted by molar-refractivity contribution is 0.102. The monoisotopic (exact) mass is 447 g/mol. The molecule has 0 aliphatic rings. The zero-order valence-corrected chi connectivity index (χ0v) is 16.1. The van der Waals surface area contributed by atoms with Gasteiger partial charge in [0.05, 0.1) is 5.39 Å². The summed E-state index contributed by atoms with van der Waals surface area (Å²) in [5.41, 5.74) is 0.786. The second-order valence-corrected chi connectivity index (χ2v) is 7.49. The molecule has 0 saturated heterocycles. The van der Waals surface area contributed by atoms with Gasteiger partial charge in [-0.25, -0.2) is 4.68 Å². The molecular formula is C19H18IN3O2. The summed E-state index contributed by atoms with van der Waals surface area (Å²) in [6.45, 7) is 4.48. The van der Waals surface area contributed by atoms with Gasteiger partial charge in [0, 0.05) is 21.2 Å². The highest BCUT2D eigenvalue weighted by molar-refractivity contribution is 14.1. The fraction of sp³-hybridized carbons (Fsp3) is 0.211. The average molecular weight is 447 g/mol. The number of nitrogens with one attached hydrogen (secondary N) is 1. The molecule has 0 aliphatic heterocycles. The largest absolute Gasteiger partial charge is 0.321 e. The van der Waals surface area contributed by atoms with Crippen LogP contribution >= 0.6 is 22.6 Å². The predicted molar refractivity (Wildman–Crippen MR) is 108 cm³/mol. The van der Waals surface area contributed by atoms with Gasteiger partial charge < -0.3 is 5.32 Å². The standard InChI is InChI=1S/C19H18IN3O2/c1-12(2)11-23-19(25)16-9-4-3-8-15(16)17(22-23)18(24)21-14-7-5-6-13(20)10-14/h3-10,12H,11H2,1-2H3,(H,21,24).